The van der Waals surface area contributed by atoms with Gasteiger partial charge in [-0.1, -0.05) is 42.1 Å². The number of carbonyl (C=O) groups is 2. The molecule has 29 heavy (non-hydrogen) atoms. The lowest BCUT2D eigenvalue weighted by Gasteiger charge is -2.14. The average Bonchev–Trinajstić information content (AvgIpc) is 2.75. The normalized spacial score (nSPS) is 11.4. The lowest BCUT2D eigenvalue weighted by atomic mass is 10.0. The number of carbonyl (C=O) groups excluding carboxylic acids is 2. The molecule has 156 valence electrons. The standard InChI is InChI=1S/C21H25NO6S/c1-4-5-6-16-7-9-17(10-8-16)20(23)15-28-21(24)18-11-13-19(14-12-18)29(25,26)22(2)27-3/h7-14H,4-6,15H2,1-3H3. The van der Waals surface area contributed by atoms with Crippen LogP contribution in [0.25, 0.3) is 0 Å². The molecule has 0 aliphatic heterocycles. The Labute approximate surface area is 171 Å². The van der Waals surface area contributed by atoms with Crippen molar-refractivity contribution >= 4 is 21.8 Å². The molecule has 0 bridgehead atoms. The molecular formula is C21H25NO6S. The van der Waals surface area contributed by atoms with Crippen LogP contribution in [0.4, 0.5) is 0 Å². The van der Waals surface area contributed by atoms with Gasteiger partial charge in [-0.3, -0.25) is 9.63 Å². The molecule has 0 aliphatic carbocycles. The molecule has 2 rings (SSSR count). The summed E-state index contributed by atoms with van der Waals surface area (Å²) >= 11 is 0. The third-order valence-electron chi connectivity index (χ3n) is 4.41. The predicted octanol–water partition coefficient (Wildman–Crippen LogP) is 3.25. The molecule has 2 aromatic carbocycles. The van der Waals surface area contributed by atoms with Crippen molar-refractivity contribution in [1.82, 2.24) is 4.47 Å². The molecule has 0 unspecified atom stereocenters. The molecule has 0 saturated heterocycles. The maximum absolute atomic E-state index is 12.2. The topological polar surface area (TPSA) is 90.0 Å². The van der Waals surface area contributed by atoms with Crippen LogP contribution in [-0.4, -0.2) is 45.4 Å². The number of hydroxylamine groups is 1. The van der Waals surface area contributed by atoms with Crippen LogP contribution >= 0.6 is 0 Å². The van der Waals surface area contributed by atoms with Crippen LogP contribution in [0, 0.1) is 0 Å². The summed E-state index contributed by atoms with van der Waals surface area (Å²) in [5.41, 5.74) is 1.78. The highest BCUT2D eigenvalue weighted by Gasteiger charge is 2.21. The quantitative estimate of drug-likeness (QED) is 0.334. The highest BCUT2D eigenvalue weighted by molar-refractivity contribution is 7.89. The van der Waals surface area contributed by atoms with E-state index < -0.39 is 16.0 Å². The van der Waals surface area contributed by atoms with E-state index in [0.29, 0.717) is 10.0 Å². The van der Waals surface area contributed by atoms with E-state index in [-0.39, 0.29) is 22.8 Å². The van der Waals surface area contributed by atoms with Gasteiger partial charge in [-0.05, 0) is 42.7 Å². The van der Waals surface area contributed by atoms with E-state index in [1.807, 2.05) is 12.1 Å². The molecule has 0 amide bonds. The smallest absolute Gasteiger partial charge is 0.338 e. The second-order valence-corrected chi connectivity index (χ2v) is 8.36. The second kappa shape index (κ2) is 10.3. The summed E-state index contributed by atoms with van der Waals surface area (Å²) in [7, 11) is -1.30. The molecule has 0 saturated carbocycles. The summed E-state index contributed by atoms with van der Waals surface area (Å²) in [6.07, 6.45) is 3.16. The summed E-state index contributed by atoms with van der Waals surface area (Å²) < 4.78 is 30.1. The van der Waals surface area contributed by atoms with Crippen molar-refractivity contribution in [2.75, 3.05) is 20.8 Å². The van der Waals surface area contributed by atoms with E-state index in [2.05, 4.69) is 6.92 Å². The Morgan fingerprint density at radius 1 is 0.966 bits per heavy atom. The number of hydrogen-bond acceptors (Lipinski definition) is 6. The third kappa shape index (κ3) is 5.96. The van der Waals surface area contributed by atoms with Crippen molar-refractivity contribution in [1.29, 1.82) is 0 Å². The third-order valence-corrected chi connectivity index (χ3v) is 6.11. The number of unbranched alkanes of at least 4 members (excludes halogenated alkanes) is 1. The maximum atomic E-state index is 12.2. The summed E-state index contributed by atoms with van der Waals surface area (Å²) in [5.74, 6) is -1.01. The van der Waals surface area contributed by atoms with Gasteiger partial charge in [-0.15, -0.1) is 0 Å². The van der Waals surface area contributed by atoms with Gasteiger partial charge in [0.05, 0.1) is 17.6 Å². The van der Waals surface area contributed by atoms with Gasteiger partial charge in [-0.2, -0.15) is 0 Å². The Kier molecular flexibility index (Phi) is 8.07. The summed E-state index contributed by atoms with van der Waals surface area (Å²) in [5, 5.41) is 0. The first-order valence-electron chi connectivity index (χ1n) is 9.22. The molecule has 0 atom stereocenters. The fourth-order valence-corrected chi connectivity index (χ4v) is 3.52. The number of sulfonamides is 1. The van der Waals surface area contributed by atoms with Gasteiger partial charge in [0.2, 0.25) is 0 Å². The monoisotopic (exact) mass is 419 g/mol. The fourth-order valence-electron chi connectivity index (χ4n) is 2.55. The van der Waals surface area contributed by atoms with Crippen LogP contribution in [0.2, 0.25) is 0 Å². The molecule has 8 heteroatoms. The molecule has 0 fully saturated rings. The zero-order chi connectivity index (χ0) is 21.4. The summed E-state index contributed by atoms with van der Waals surface area (Å²) in [6.45, 7) is 1.73. The van der Waals surface area contributed by atoms with Crippen molar-refractivity contribution in [3.63, 3.8) is 0 Å². The number of esters is 1. The zero-order valence-electron chi connectivity index (χ0n) is 16.8. The van der Waals surface area contributed by atoms with Crippen molar-refractivity contribution in [2.24, 2.45) is 0 Å². The minimum atomic E-state index is -3.80. The van der Waals surface area contributed by atoms with Gasteiger partial charge in [0.15, 0.2) is 12.4 Å². The average molecular weight is 419 g/mol. The van der Waals surface area contributed by atoms with Crippen LogP contribution in [-0.2, 0) is 26.0 Å². The molecule has 0 radical (unpaired) electrons. The van der Waals surface area contributed by atoms with Crippen LogP contribution in [0.15, 0.2) is 53.4 Å². The Balaban J connectivity index is 1.96. The molecule has 0 spiro atoms. The lowest BCUT2D eigenvalue weighted by Crippen LogP contribution is -2.25. The summed E-state index contributed by atoms with van der Waals surface area (Å²) in [4.78, 5) is 29.0. The van der Waals surface area contributed by atoms with E-state index in [1.165, 1.54) is 38.4 Å². The number of nitrogens with zero attached hydrogens (tertiary/aromatic N) is 1. The molecule has 7 nitrogen and oxygen atoms in total. The maximum Gasteiger partial charge on any atom is 0.338 e. The molecular weight excluding hydrogens is 394 g/mol. The molecule has 0 aromatic heterocycles. The Morgan fingerprint density at radius 3 is 2.10 bits per heavy atom. The van der Waals surface area contributed by atoms with Gasteiger partial charge in [0.25, 0.3) is 10.0 Å². The lowest BCUT2D eigenvalue weighted by molar-refractivity contribution is -0.0258. The predicted molar refractivity (Wildman–Crippen MR) is 108 cm³/mol. The Bertz CT molecular complexity index is 936. The molecule has 0 heterocycles. The number of aryl methyl sites for hydroxylation is 1. The molecule has 0 aliphatic rings. The van der Waals surface area contributed by atoms with Crippen molar-refractivity contribution in [3.8, 4) is 0 Å². The molecule has 0 N–H and O–H groups in total. The van der Waals surface area contributed by atoms with Crippen molar-refractivity contribution in [3.05, 3.63) is 65.2 Å². The number of ether oxygens (including phenoxy) is 1. The van der Waals surface area contributed by atoms with Crippen molar-refractivity contribution < 1.29 is 27.6 Å². The first-order valence-corrected chi connectivity index (χ1v) is 10.7. The van der Waals surface area contributed by atoms with E-state index in [1.54, 1.807) is 12.1 Å². The highest BCUT2D eigenvalue weighted by atomic mass is 32.2. The van der Waals surface area contributed by atoms with Gasteiger partial charge in [-0.25, -0.2) is 13.2 Å². The van der Waals surface area contributed by atoms with Crippen LogP contribution < -0.4 is 0 Å². The number of rotatable bonds is 10. The van der Waals surface area contributed by atoms with Gasteiger partial charge >= 0.3 is 5.97 Å². The minimum Gasteiger partial charge on any atom is -0.454 e. The first-order chi connectivity index (χ1) is 13.8. The number of benzene rings is 2. The SMILES string of the molecule is CCCCc1ccc(C(=O)COC(=O)c2ccc(S(=O)(=O)N(C)OC)cc2)cc1. The van der Waals surface area contributed by atoms with E-state index in [0.717, 1.165) is 24.8 Å². The van der Waals surface area contributed by atoms with Crippen LogP contribution in [0.3, 0.4) is 0 Å². The van der Waals surface area contributed by atoms with Crippen LogP contribution in [0.5, 0.6) is 0 Å². The van der Waals surface area contributed by atoms with Gasteiger partial charge < -0.3 is 4.74 Å². The van der Waals surface area contributed by atoms with E-state index in [9.17, 15) is 18.0 Å². The van der Waals surface area contributed by atoms with Gasteiger partial charge in [0.1, 0.15) is 0 Å². The van der Waals surface area contributed by atoms with Crippen LogP contribution in [0.1, 0.15) is 46.0 Å². The number of hydrogen-bond donors (Lipinski definition) is 0. The first kappa shape index (κ1) is 22.7. The fraction of sp³-hybridized carbons (Fsp3) is 0.333. The van der Waals surface area contributed by atoms with Crippen molar-refractivity contribution in [2.45, 2.75) is 31.1 Å². The summed E-state index contributed by atoms with van der Waals surface area (Å²) in [6, 6.07) is 12.5. The number of Topliss-reactive ketones (excluding diaryl/α,β-unsaturated/α-hetero) is 1. The Morgan fingerprint density at radius 2 is 1.55 bits per heavy atom. The second-order valence-electron chi connectivity index (χ2n) is 6.42. The highest BCUT2D eigenvalue weighted by Crippen LogP contribution is 2.16. The van der Waals surface area contributed by atoms with Gasteiger partial charge in [0, 0.05) is 12.6 Å². The molecule has 2 aromatic rings. The van der Waals surface area contributed by atoms with E-state index >= 15 is 0 Å². The minimum absolute atomic E-state index is 0.0300. The van der Waals surface area contributed by atoms with E-state index in [4.69, 9.17) is 9.57 Å². The zero-order valence-corrected chi connectivity index (χ0v) is 17.6. The number of ketones is 1. The Hall–Kier alpha value is -2.55. The largest absolute Gasteiger partial charge is 0.454 e.